The molecular weight excluding hydrogens is 303 g/mol. The van der Waals surface area contributed by atoms with Crippen molar-refractivity contribution < 1.29 is 17.9 Å². The van der Waals surface area contributed by atoms with Gasteiger partial charge in [-0.25, -0.2) is 0 Å². The topological polar surface area (TPSA) is 21.3 Å². The van der Waals surface area contributed by atoms with E-state index in [9.17, 15) is 13.2 Å². The molecule has 0 aliphatic heterocycles. The van der Waals surface area contributed by atoms with E-state index in [1.165, 1.54) is 7.11 Å². The molecule has 0 aliphatic rings. The van der Waals surface area contributed by atoms with E-state index in [1.807, 2.05) is 6.92 Å². The lowest BCUT2D eigenvalue weighted by Gasteiger charge is -2.20. The first-order valence-corrected chi connectivity index (χ1v) is 7.36. The van der Waals surface area contributed by atoms with Gasteiger partial charge in [0, 0.05) is 17.5 Å². The molecule has 0 heterocycles. The highest BCUT2D eigenvalue weighted by Crippen LogP contribution is 2.27. The smallest absolute Gasteiger partial charge is 0.389 e. The van der Waals surface area contributed by atoms with Crippen LogP contribution in [0.25, 0.3) is 0 Å². The van der Waals surface area contributed by atoms with Crippen molar-refractivity contribution in [3.05, 3.63) is 28.8 Å². The lowest BCUT2D eigenvalue weighted by atomic mass is 10.0. The van der Waals surface area contributed by atoms with E-state index in [4.69, 9.17) is 16.3 Å². The van der Waals surface area contributed by atoms with Gasteiger partial charge in [0.05, 0.1) is 7.11 Å². The fourth-order valence-electron chi connectivity index (χ4n) is 2.13. The zero-order valence-corrected chi connectivity index (χ0v) is 13.0. The second-order valence-electron chi connectivity index (χ2n) is 4.97. The molecule has 1 N–H and O–H groups in total. The zero-order chi connectivity index (χ0) is 15.9. The van der Waals surface area contributed by atoms with Gasteiger partial charge < -0.3 is 10.1 Å². The molecule has 0 saturated heterocycles. The van der Waals surface area contributed by atoms with Crippen LogP contribution in [0.5, 0.6) is 5.75 Å². The van der Waals surface area contributed by atoms with E-state index >= 15 is 0 Å². The molecule has 1 aromatic carbocycles. The van der Waals surface area contributed by atoms with Crippen molar-refractivity contribution in [1.82, 2.24) is 5.32 Å². The molecule has 1 atom stereocenters. The fraction of sp³-hybridized carbons (Fsp3) is 0.600. The maximum absolute atomic E-state index is 12.4. The second-order valence-corrected chi connectivity index (χ2v) is 5.40. The molecule has 1 unspecified atom stereocenters. The van der Waals surface area contributed by atoms with Crippen LogP contribution < -0.4 is 10.1 Å². The predicted molar refractivity (Wildman–Crippen MR) is 79.1 cm³/mol. The van der Waals surface area contributed by atoms with Crippen molar-refractivity contribution in [3.8, 4) is 5.75 Å². The maximum Gasteiger partial charge on any atom is 0.389 e. The van der Waals surface area contributed by atoms with Crippen LogP contribution in [0.3, 0.4) is 0 Å². The molecular formula is C15H21ClF3NO. The van der Waals surface area contributed by atoms with Crippen molar-refractivity contribution in [2.45, 2.75) is 44.8 Å². The van der Waals surface area contributed by atoms with Crippen LogP contribution in [0.15, 0.2) is 18.2 Å². The molecule has 6 heteroatoms. The Kier molecular flexibility index (Phi) is 7.32. The van der Waals surface area contributed by atoms with Gasteiger partial charge in [-0.15, -0.1) is 0 Å². The van der Waals surface area contributed by atoms with Crippen LogP contribution in [-0.4, -0.2) is 25.9 Å². The molecule has 0 spiro atoms. The first-order chi connectivity index (χ1) is 9.85. The van der Waals surface area contributed by atoms with Crippen LogP contribution in [0, 0.1) is 0 Å². The Morgan fingerprint density at radius 3 is 2.62 bits per heavy atom. The Morgan fingerprint density at radius 1 is 1.33 bits per heavy atom. The summed E-state index contributed by atoms with van der Waals surface area (Å²) in [7, 11) is 1.54. The number of nitrogens with one attached hydrogen (secondary N) is 1. The third-order valence-electron chi connectivity index (χ3n) is 3.17. The fourth-order valence-corrected chi connectivity index (χ4v) is 2.33. The number of ether oxygens (including phenoxy) is 1. The highest BCUT2D eigenvalue weighted by atomic mass is 35.5. The molecule has 0 saturated carbocycles. The van der Waals surface area contributed by atoms with E-state index in [0.29, 0.717) is 23.7 Å². The second kappa shape index (κ2) is 8.49. The van der Waals surface area contributed by atoms with E-state index in [1.54, 1.807) is 18.2 Å². The summed E-state index contributed by atoms with van der Waals surface area (Å²) in [6.07, 6.45) is -3.56. The van der Waals surface area contributed by atoms with Crippen molar-refractivity contribution in [1.29, 1.82) is 0 Å². The monoisotopic (exact) mass is 323 g/mol. The molecule has 1 aromatic rings. The minimum absolute atomic E-state index is 0.0408. The lowest BCUT2D eigenvalue weighted by molar-refractivity contribution is -0.136. The Labute approximate surface area is 128 Å². The highest BCUT2D eigenvalue weighted by molar-refractivity contribution is 6.30. The summed E-state index contributed by atoms with van der Waals surface area (Å²) >= 11 is 5.96. The molecule has 0 aliphatic carbocycles. The Hall–Kier alpha value is -0.940. The van der Waals surface area contributed by atoms with Crippen molar-refractivity contribution in [2.24, 2.45) is 0 Å². The molecule has 0 aromatic heterocycles. The molecule has 0 bridgehead atoms. The van der Waals surface area contributed by atoms with Crippen LogP contribution in [0.4, 0.5) is 13.2 Å². The van der Waals surface area contributed by atoms with Crippen LogP contribution >= 0.6 is 11.6 Å². The standard InChI is InChI=1S/C15H21ClF3NO/c1-3-8-20-13(6-7-15(17,18)19)10-11-9-12(16)4-5-14(11)21-2/h4-5,9,13,20H,3,6-8,10H2,1-2H3. The molecule has 21 heavy (non-hydrogen) atoms. The summed E-state index contributed by atoms with van der Waals surface area (Å²) in [4.78, 5) is 0. The number of rotatable bonds is 8. The van der Waals surface area contributed by atoms with Gasteiger partial charge in [-0.2, -0.15) is 13.2 Å². The summed E-state index contributed by atoms with van der Waals surface area (Å²) < 4.78 is 42.5. The first kappa shape index (κ1) is 18.1. The highest BCUT2D eigenvalue weighted by Gasteiger charge is 2.28. The number of methoxy groups -OCH3 is 1. The van der Waals surface area contributed by atoms with Gasteiger partial charge in [0.25, 0.3) is 0 Å². The third kappa shape index (κ3) is 7.05. The van der Waals surface area contributed by atoms with Gasteiger partial charge in [-0.05, 0) is 49.6 Å². The largest absolute Gasteiger partial charge is 0.496 e. The summed E-state index contributed by atoms with van der Waals surface area (Å²) in [5, 5.41) is 3.71. The van der Waals surface area contributed by atoms with E-state index in [0.717, 1.165) is 12.0 Å². The lowest BCUT2D eigenvalue weighted by Crippen LogP contribution is -2.33. The molecule has 2 nitrogen and oxygen atoms in total. The first-order valence-electron chi connectivity index (χ1n) is 6.98. The van der Waals surface area contributed by atoms with Gasteiger partial charge >= 0.3 is 6.18 Å². The van der Waals surface area contributed by atoms with Gasteiger partial charge in [0.15, 0.2) is 0 Å². The maximum atomic E-state index is 12.4. The quantitative estimate of drug-likeness (QED) is 0.754. The van der Waals surface area contributed by atoms with Crippen LogP contribution in [-0.2, 0) is 6.42 Å². The zero-order valence-electron chi connectivity index (χ0n) is 12.3. The number of hydrogen-bond acceptors (Lipinski definition) is 2. The normalized spacial score (nSPS) is 13.2. The minimum Gasteiger partial charge on any atom is -0.496 e. The SMILES string of the molecule is CCCNC(CCC(F)(F)F)Cc1cc(Cl)ccc1OC. The molecule has 0 radical (unpaired) electrons. The summed E-state index contributed by atoms with van der Waals surface area (Å²) in [5.41, 5.74) is 0.820. The van der Waals surface area contributed by atoms with Crippen LogP contribution in [0.2, 0.25) is 5.02 Å². The Balaban J connectivity index is 2.77. The van der Waals surface area contributed by atoms with Gasteiger partial charge in [-0.1, -0.05) is 18.5 Å². The van der Waals surface area contributed by atoms with Gasteiger partial charge in [0.1, 0.15) is 5.75 Å². The number of benzene rings is 1. The van der Waals surface area contributed by atoms with Crippen molar-refractivity contribution >= 4 is 11.6 Å². The Bertz CT molecular complexity index is 437. The van der Waals surface area contributed by atoms with E-state index in [2.05, 4.69) is 5.32 Å². The average Bonchev–Trinajstić information content (AvgIpc) is 2.41. The van der Waals surface area contributed by atoms with E-state index in [-0.39, 0.29) is 12.5 Å². The summed E-state index contributed by atoms with van der Waals surface area (Å²) in [6.45, 7) is 2.67. The Morgan fingerprint density at radius 2 is 2.05 bits per heavy atom. The van der Waals surface area contributed by atoms with Crippen LogP contribution in [0.1, 0.15) is 31.7 Å². The number of hydrogen-bond donors (Lipinski definition) is 1. The molecule has 1 rings (SSSR count). The van der Waals surface area contributed by atoms with Gasteiger partial charge in [-0.3, -0.25) is 0 Å². The summed E-state index contributed by atoms with van der Waals surface area (Å²) in [5.74, 6) is 0.648. The van der Waals surface area contributed by atoms with Crippen molar-refractivity contribution in [3.63, 3.8) is 0 Å². The van der Waals surface area contributed by atoms with E-state index < -0.39 is 12.6 Å². The molecule has 120 valence electrons. The van der Waals surface area contributed by atoms with Crippen molar-refractivity contribution in [2.75, 3.05) is 13.7 Å². The third-order valence-corrected chi connectivity index (χ3v) is 3.40. The average molecular weight is 324 g/mol. The number of halogens is 4. The minimum atomic E-state index is -4.13. The van der Waals surface area contributed by atoms with Gasteiger partial charge in [0.2, 0.25) is 0 Å². The molecule has 0 fully saturated rings. The number of alkyl halides is 3. The predicted octanol–water partition coefficient (Wildman–Crippen LogP) is 4.60. The summed E-state index contributed by atoms with van der Waals surface area (Å²) in [6, 6.07) is 4.93. The molecule has 0 amide bonds.